The van der Waals surface area contributed by atoms with Crippen molar-refractivity contribution in [2.45, 2.75) is 20.0 Å². The van der Waals surface area contributed by atoms with Gasteiger partial charge in [0, 0.05) is 5.56 Å². The second kappa shape index (κ2) is 5.72. The molecule has 0 saturated heterocycles. The number of aryl methyl sites for hydroxylation is 1. The largest absolute Gasteiger partial charge is 0.456 e. The first kappa shape index (κ1) is 14.0. The summed E-state index contributed by atoms with van der Waals surface area (Å²) in [6, 6.07) is 11.6. The van der Waals surface area contributed by atoms with Crippen LogP contribution in [0.4, 0.5) is 4.39 Å². The summed E-state index contributed by atoms with van der Waals surface area (Å²) in [6.07, 6.45) is -0.866. The van der Waals surface area contributed by atoms with Gasteiger partial charge < -0.3 is 9.84 Å². The molecule has 2 aromatic rings. The fraction of sp³-hybridized carbons (Fsp3) is 0.188. The number of nitriles is 1. The van der Waals surface area contributed by atoms with Crippen LogP contribution in [0.25, 0.3) is 0 Å². The first-order chi connectivity index (χ1) is 9.52. The molecule has 1 atom stereocenters. The Morgan fingerprint density at radius 2 is 1.95 bits per heavy atom. The number of halogens is 1. The van der Waals surface area contributed by atoms with Crippen LogP contribution >= 0.6 is 0 Å². The Kier molecular flexibility index (Phi) is 4.02. The second-order valence-electron chi connectivity index (χ2n) is 4.53. The third kappa shape index (κ3) is 2.79. The number of rotatable bonds is 3. The minimum Gasteiger partial charge on any atom is -0.456 e. The van der Waals surface area contributed by atoms with Crippen LogP contribution in [0.1, 0.15) is 29.7 Å². The van der Waals surface area contributed by atoms with E-state index in [-0.39, 0.29) is 0 Å². The van der Waals surface area contributed by atoms with Gasteiger partial charge in [-0.25, -0.2) is 4.39 Å². The molecule has 0 radical (unpaired) electrons. The molecule has 102 valence electrons. The lowest BCUT2D eigenvalue weighted by molar-refractivity contribution is 0.195. The average Bonchev–Trinajstić information content (AvgIpc) is 2.43. The van der Waals surface area contributed by atoms with Crippen molar-refractivity contribution >= 4 is 0 Å². The van der Waals surface area contributed by atoms with E-state index >= 15 is 0 Å². The highest BCUT2D eigenvalue weighted by molar-refractivity contribution is 5.48. The average molecular weight is 271 g/mol. The van der Waals surface area contributed by atoms with E-state index in [0.717, 1.165) is 0 Å². The van der Waals surface area contributed by atoms with E-state index in [2.05, 4.69) is 0 Å². The van der Waals surface area contributed by atoms with Crippen LogP contribution in [0.5, 0.6) is 11.5 Å². The Labute approximate surface area is 116 Å². The van der Waals surface area contributed by atoms with E-state index in [4.69, 9.17) is 10.00 Å². The summed E-state index contributed by atoms with van der Waals surface area (Å²) >= 11 is 0. The fourth-order valence-corrected chi connectivity index (χ4v) is 1.85. The number of hydrogen-bond donors (Lipinski definition) is 1. The molecule has 20 heavy (non-hydrogen) atoms. The maximum atomic E-state index is 13.6. The van der Waals surface area contributed by atoms with Crippen molar-refractivity contribution in [2.75, 3.05) is 0 Å². The second-order valence-corrected chi connectivity index (χ2v) is 4.53. The van der Waals surface area contributed by atoms with Crippen LogP contribution < -0.4 is 4.74 Å². The Morgan fingerprint density at radius 3 is 2.60 bits per heavy atom. The molecule has 0 bridgehead atoms. The van der Waals surface area contributed by atoms with Gasteiger partial charge in [-0.2, -0.15) is 5.26 Å². The zero-order valence-corrected chi connectivity index (χ0v) is 11.2. The first-order valence-corrected chi connectivity index (χ1v) is 6.18. The Morgan fingerprint density at radius 1 is 1.25 bits per heavy atom. The maximum absolute atomic E-state index is 13.6. The Hall–Kier alpha value is -2.38. The highest BCUT2D eigenvalue weighted by Gasteiger charge is 2.15. The quantitative estimate of drug-likeness (QED) is 0.922. The van der Waals surface area contributed by atoms with Gasteiger partial charge in [0.25, 0.3) is 0 Å². The van der Waals surface area contributed by atoms with Crippen molar-refractivity contribution in [3.8, 4) is 17.6 Å². The Balaban J connectivity index is 2.48. The summed E-state index contributed by atoms with van der Waals surface area (Å²) in [5, 5.41) is 18.7. The number of para-hydroxylation sites is 1. The third-order valence-electron chi connectivity index (χ3n) is 2.97. The third-order valence-corrected chi connectivity index (χ3v) is 2.97. The summed E-state index contributed by atoms with van der Waals surface area (Å²) in [5.41, 5.74) is 1.14. The molecule has 2 aromatic carbocycles. The highest BCUT2D eigenvalue weighted by Crippen LogP contribution is 2.33. The SMILES string of the molecule is Cc1cc(Oc2ccccc2C#N)c([C@@H](C)O)cc1F. The van der Waals surface area contributed by atoms with Crippen molar-refractivity contribution < 1.29 is 14.2 Å². The lowest BCUT2D eigenvalue weighted by atomic mass is 10.1. The predicted octanol–water partition coefficient (Wildman–Crippen LogP) is 3.85. The maximum Gasteiger partial charge on any atom is 0.145 e. The van der Waals surface area contributed by atoms with Crippen LogP contribution in [0.15, 0.2) is 36.4 Å². The summed E-state index contributed by atoms with van der Waals surface area (Å²) in [5.74, 6) is 0.325. The van der Waals surface area contributed by atoms with E-state index in [9.17, 15) is 9.50 Å². The lowest BCUT2D eigenvalue weighted by Gasteiger charge is -2.15. The number of nitrogens with zero attached hydrogens (tertiary/aromatic N) is 1. The fourth-order valence-electron chi connectivity index (χ4n) is 1.85. The van der Waals surface area contributed by atoms with Gasteiger partial charge in [0.1, 0.15) is 23.4 Å². The monoisotopic (exact) mass is 271 g/mol. The van der Waals surface area contributed by atoms with Crippen LogP contribution in [0.2, 0.25) is 0 Å². The molecule has 0 aliphatic rings. The summed E-state index contributed by atoms with van der Waals surface area (Å²) < 4.78 is 19.3. The molecule has 0 aliphatic carbocycles. The van der Waals surface area contributed by atoms with Crippen molar-refractivity contribution in [3.05, 3.63) is 58.9 Å². The van der Waals surface area contributed by atoms with E-state index in [1.54, 1.807) is 31.2 Å². The van der Waals surface area contributed by atoms with E-state index in [0.29, 0.717) is 28.2 Å². The number of ether oxygens (including phenoxy) is 1. The highest BCUT2D eigenvalue weighted by atomic mass is 19.1. The molecular weight excluding hydrogens is 257 g/mol. The molecule has 0 heterocycles. The minimum absolute atomic E-state index is 0.348. The Bertz CT molecular complexity index is 675. The van der Waals surface area contributed by atoms with E-state index in [1.165, 1.54) is 19.1 Å². The molecule has 0 fully saturated rings. The van der Waals surface area contributed by atoms with Gasteiger partial charge in [0.2, 0.25) is 0 Å². The minimum atomic E-state index is -0.866. The standard InChI is InChI=1S/C16H14FNO2/c1-10-7-16(13(11(2)19)8-14(10)17)20-15-6-4-3-5-12(15)9-18/h3-8,11,19H,1-2H3/t11-/m1/s1. The molecule has 0 unspecified atom stereocenters. The molecule has 0 aliphatic heterocycles. The molecule has 0 saturated carbocycles. The number of benzene rings is 2. The molecule has 0 amide bonds. The normalized spacial score (nSPS) is 11.8. The van der Waals surface area contributed by atoms with E-state index in [1.807, 2.05) is 6.07 Å². The number of aliphatic hydroxyl groups excluding tert-OH is 1. The summed E-state index contributed by atoms with van der Waals surface area (Å²) in [4.78, 5) is 0. The number of aliphatic hydroxyl groups is 1. The van der Waals surface area contributed by atoms with Crippen molar-refractivity contribution in [1.82, 2.24) is 0 Å². The van der Waals surface area contributed by atoms with Crippen LogP contribution in [0, 0.1) is 24.1 Å². The van der Waals surface area contributed by atoms with Gasteiger partial charge in [-0.05, 0) is 43.7 Å². The summed E-state index contributed by atoms with van der Waals surface area (Å²) in [6.45, 7) is 3.15. The molecule has 3 nitrogen and oxygen atoms in total. The van der Waals surface area contributed by atoms with Crippen molar-refractivity contribution in [2.24, 2.45) is 0 Å². The van der Waals surface area contributed by atoms with Gasteiger partial charge in [0.05, 0.1) is 11.7 Å². The molecule has 4 heteroatoms. The van der Waals surface area contributed by atoms with Crippen molar-refractivity contribution in [3.63, 3.8) is 0 Å². The lowest BCUT2D eigenvalue weighted by Crippen LogP contribution is -1.99. The van der Waals surface area contributed by atoms with E-state index < -0.39 is 11.9 Å². The molecule has 1 N–H and O–H groups in total. The van der Waals surface area contributed by atoms with Gasteiger partial charge in [-0.15, -0.1) is 0 Å². The molecule has 0 aromatic heterocycles. The van der Waals surface area contributed by atoms with Gasteiger partial charge >= 0.3 is 0 Å². The van der Waals surface area contributed by atoms with Crippen LogP contribution in [0.3, 0.4) is 0 Å². The molecule has 2 rings (SSSR count). The number of hydrogen-bond acceptors (Lipinski definition) is 3. The van der Waals surface area contributed by atoms with Gasteiger partial charge in [0.15, 0.2) is 0 Å². The summed E-state index contributed by atoms with van der Waals surface area (Å²) in [7, 11) is 0. The zero-order valence-electron chi connectivity index (χ0n) is 11.2. The van der Waals surface area contributed by atoms with Crippen LogP contribution in [-0.2, 0) is 0 Å². The van der Waals surface area contributed by atoms with Crippen molar-refractivity contribution in [1.29, 1.82) is 5.26 Å². The molecular formula is C16H14FNO2. The topological polar surface area (TPSA) is 53.2 Å². The van der Waals surface area contributed by atoms with Crippen LogP contribution in [-0.4, -0.2) is 5.11 Å². The van der Waals surface area contributed by atoms with Gasteiger partial charge in [-0.1, -0.05) is 12.1 Å². The first-order valence-electron chi connectivity index (χ1n) is 6.18. The predicted molar refractivity (Wildman–Crippen MR) is 73.0 cm³/mol. The zero-order chi connectivity index (χ0) is 14.7. The molecule has 0 spiro atoms. The smallest absolute Gasteiger partial charge is 0.145 e. The van der Waals surface area contributed by atoms with Gasteiger partial charge in [-0.3, -0.25) is 0 Å².